The van der Waals surface area contributed by atoms with Gasteiger partial charge in [-0.05, 0) is 29.5 Å². The van der Waals surface area contributed by atoms with Crippen LogP contribution in [0.3, 0.4) is 0 Å². The van der Waals surface area contributed by atoms with Gasteiger partial charge in [-0.25, -0.2) is 4.79 Å². The molecule has 0 atom stereocenters. The second-order valence-electron chi connectivity index (χ2n) is 5.20. The maximum absolute atomic E-state index is 11.0. The van der Waals surface area contributed by atoms with Crippen LogP contribution in [0.1, 0.15) is 48.3 Å². The van der Waals surface area contributed by atoms with Gasteiger partial charge in [0.25, 0.3) is 0 Å². The van der Waals surface area contributed by atoms with Crippen LogP contribution >= 0.6 is 0 Å². The first-order valence-corrected chi connectivity index (χ1v) is 6.98. The highest BCUT2D eigenvalue weighted by Gasteiger charge is 2.20. The van der Waals surface area contributed by atoms with Gasteiger partial charge in [0.1, 0.15) is 11.4 Å². The summed E-state index contributed by atoms with van der Waals surface area (Å²) in [6.07, 6.45) is 0.838. The van der Waals surface area contributed by atoms with E-state index in [1.54, 1.807) is 13.2 Å². The Balaban J connectivity index is 2.70. The smallest absolute Gasteiger partial charge is 0.353 e. The highest BCUT2D eigenvalue weighted by molar-refractivity contribution is 5.87. The Bertz CT molecular complexity index is 660. The number of aromatic nitrogens is 2. The number of carboxylic acids is 1. The van der Waals surface area contributed by atoms with E-state index < -0.39 is 5.97 Å². The van der Waals surface area contributed by atoms with Crippen molar-refractivity contribution in [1.82, 2.24) is 10.2 Å². The summed E-state index contributed by atoms with van der Waals surface area (Å²) in [5.74, 6) is 0.0300. The molecule has 2 aromatic rings. The maximum Gasteiger partial charge on any atom is 0.353 e. The number of hydrogen-bond donors (Lipinski definition) is 2. The van der Waals surface area contributed by atoms with Gasteiger partial charge in [-0.1, -0.05) is 32.9 Å². The van der Waals surface area contributed by atoms with Gasteiger partial charge in [-0.3, -0.25) is 5.10 Å². The predicted molar refractivity (Wildman–Crippen MR) is 81.0 cm³/mol. The first-order valence-electron chi connectivity index (χ1n) is 6.98. The number of nitrogens with one attached hydrogen (secondary N) is 1. The standard InChI is InChI=1S/C16H20N2O3/c1-5-10-6-7-11(9(2)3)14(15(10)21-4)12-8-13(16(19)20)18-17-12/h6-9H,5H2,1-4H3,(H,17,18)(H,19,20). The van der Waals surface area contributed by atoms with Crippen LogP contribution in [0, 0.1) is 0 Å². The number of rotatable bonds is 5. The molecule has 0 amide bonds. The lowest BCUT2D eigenvalue weighted by atomic mass is 9.91. The van der Waals surface area contributed by atoms with Crippen molar-refractivity contribution in [2.75, 3.05) is 7.11 Å². The summed E-state index contributed by atoms with van der Waals surface area (Å²) in [5, 5.41) is 15.8. The monoisotopic (exact) mass is 288 g/mol. The lowest BCUT2D eigenvalue weighted by Gasteiger charge is -2.18. The van der Waals surface area contributed by atoms with E-state index in [9.17, 15) is 4.79 Å². The van der Waals surface area contributed by atoms with E-state index in [2.05, 4.69) is 43.1 Å². The van der Waals surface area contributed by atoms with E-state index in [1.165, 1.54) is 0 Å². The van der Waals surface area contributed by atoms with Gasteiger partial charge in [0.05, 0.1) is 12.8 Å². The first kappa shape index (κ1) is 15.1. The van der Waals surface area contributed by atoms with E-state index in [0.29, 0.717) is 5.69 Å². The number of hydrogen-bond acceptors (Lipinski definition) is 3. The molecule has 5 nitrogen and oxygen atoms in total. The van der Waals surface area contributed by atoms with Crippen LogP contribution in [0.5, 0.6) is 5.75 Å². The number of ether oxygens (including phenoxy) is 1. The van der Waals surface area contributed by atoms with Crippen molar-refractivity contribution in [2.45, 2.75) is 33.1 Å². The summed E-state index contributed by atoms with van der Waals surface area (Å²) < 4.78 is 5.58. The molecule has 0 bridgehead atoms. The number of benzene rings is 1. The Morgan fingerprint density at radius 1 is 1.43 bits per heavy atom. The molecule has 0 radical (unpaired) electrons. The lowest BCUT2D eigenvalue weighted by Crippen LogP contribution is -2.00. The highest BCUT2D eigenvalue weighted by Crippen LogP contribution is 2.39. The van der Waals surface area contributed by atoms with Crippen LogP contribution in [0.25, 0.3) is 11.3 Å². The SMILES string of the molecule is CCc1ccc(C(C)C)c(-c2cc(C(=O)O)[nH]n2)c1OC. The molecule has 1 heterocycles. The van der Waals surface area contributed by atoms with Gasteiger partial charge in [-0.2, -0.15) is 5.10 Å². The number of methoxy groups -OCH3 is 1. The minimum absolute atomic E-state index is 0.0728. The van der Waals surface area contributed by atoms with E-state index in [0.717, 1.165) is 28.9 Å². The van der Waals surface area contributed by atoms with Crippen molar-refractivity contribution < 1.29 is 14.6 Å². The molecule has 1 aromatic carbocycles. The van der Waals surface area contributed by atoms with Gasteiger partial charge in [0, 0.05) is 5.56 Å². The van der Waals surface area contributed by atoms with Crippen LogP contribution in [0.4, 0.5) is 0 Å². The third kappa shape index (κ3) is 2.77. The number of carbonyl (C=O) groups is 1. The van der Waals surface area contributed by atoms with Crippen molar-refractivity contribution >= 4 is 5.97 Å². The fraction of sp³-hybridized carbons (Fsp3) is 0.375. The van der Waals surface area contributed by atoms with Gasteiger partial charge >= 0.3 is 5.97 Å². The Morgan fingerprint density at radius 2 is 2.14 bits per heavy atom. The van der Waals surface area contributed by atoms with Gasteiger partial charge in [-0.15, -0.1) is 0 Å². The minimum atomic E-state index is -1.02. The quantitative estimate of drug-likeness (QED) is 0.883. The van der Waals surface area contributed by atoms with E-state index >= 15 is 0 Å². The summed E-state index contributed by atoms with van der Waals surface area (Å²) in [7, 11) is 1.63. The summed E-state index contributed by atoms with van der Waals surface area (Å²) in [6.45, 7) is 6.24. The fourth-order valence-corrected chi connectivity index (χ4v) is 2.46. The van der Waals surface area contributed by atoms with Crippen molar-refractivity contribution in [1.29, 1.82) is 0 Å². The number of carboxylic acid groups (broad SMARTS) is 1. The molecule has 21 heavy (non-hydrogen) atoms. The number of aryl methyl sites for hydroxylation is 1. The molecule has 2 rings (SSSR count). The highest BCUT2D eigenvalue weighted by atomic mass is 16.5. The van der Waals surface area contributed by atoms with Gasteiger partial charge in [0.15, 0.2) is 0 Å². The average Bonchev–Trinajstić information content (AvgIpc) is 2.94. The predicted octanol–water partition coefficient (Wildman–Crippen LogP) is 3.47. The van der Waals surface area contributed by atoms with Crippen LogP contribution < -0.4 is 4.74 Å². The average molecular weight is 288 g/mol. The van der Waals surface area contributed by atoms with E-state index in [1.807, 2.05) is 0 Å². The first-order chi connectivity index (χ1) is 9.99. The normalized spacial score (nSPS) is 10.9. The summed E-state index contributed by atoms with van der Waals surface area (Å²) in [6, 6.07) is 5.67. The lowest BCUT2D eigenvalue weighted by molar-refractivity contribution is 0.0690. The molecule has 0 saturated carbocycles. The molecule has 0 fully saturated rings. The molecule has 0 aliphatic rings. The topological polar surface area (TPSA) is 75.2 Å². The van der Waals surface area contributed by atoms with Crippen LogP contribution in [-0.2, 0) is 6.42 Å². The zero-order chi connectivity index (χ0) is 15.6. The molecule has 112 valence electrons. The summed E-state index contributed by atoms with van der Waals surface area (Å²) in [4.78, 5) is 11.0. The Labute approximate surface area is 124 Å². The Hall–Kier alpha value is -2.30. The Kier molecular flexibility index (Phi) is 4.31. The molecular formula is C16H20N2O3. The van der Waals surface area contributed by atoms with E-state index in [4.69, 9.17) is 9.84 Å². The molecule has 0 aliphatic heterocycles. The molecule has 0 aliphatic carbocycles. The van der Waals surface area contributed by atoms with E-state index in [-0.39, 0.29) is 11.6 Å². The van der Waals surface area contributed by atoms with Gasteiger partial charge in [0.2, 0.25) is 0 Å². The second-order valence-corrected chi connectivity index (χ2v) is 5.20. The minimum Gasteiger partial charge on any atom is -0.496 e. The van der Waals surface area contributed by atoms with Crippen molar-refractivity contribution in [3.8, 4) is 17.0 Å². The second kappa shape index (κ2) is 5.99. The molecule has 1 aromatic heterocycles. The number of nitrogens with zero attached hydrogens (tertiary/aromatic N) is 1. The maximum atomic E-state index is 11.0. The van der Waals surface area contributed by atoms with Crippen molar-refractivity contribution in [3.05, 3.63) is 35.0 Å². The van der Waals surface area contributed by atoms with Crippen LogP contribution in [0.15, 0.2) is 18.2 Å². The van der Waals surface area contributed by atoms with Gasteiger partial charge < -0.3 is 9.84 Å². The number of aromatic carboxylic acids is 1. The van der Waals surface area contributed by atoms with Crippen molar-refractivity contribution in [3.63, 3.8) is 0 Å². The van der Waals surface area contributed by atoms with Crippen LogP contribution in [-0.4, -0.2) is 28.4 Å². The zero-order valence-electron chi connectivity index (χ0n) is 12.7. The third-order valence-corrected chi connectivity index (χ3v) is 3.54. The molecule has 0 spiro atoms. The summed E-state index contributed by atoms with van der Waals surface area (Å²) in [5.41, 5.74) is 3.71. The zero-order valence-corrected chi connectivity index (χ0v) is 12.7. The third-order valence-electron chi connectivity index (χ3n) is 3.54. The molecular weight excluding hydrogens is 268 g/mol. The fourth-order valence-electron chi connectivity index (χ4n) is 2.46. The number of aromatic amines is 1. The molecule has 0 saturated heterocycles. The molecule has 5 heteroatoms. The summed E-state index contributed by atoms with van der Waals surface area (Å²) >= 11 is 0. The molecule has 2 N–H and O–H groups in total. The Morgan fingerprint density at radius 3 is 2.62 bits per heavy atom. The van der Waals surface area contributed by atoms with Crippen molar-refractivity contribution in [2.24, 2.45) is 0 Å². The molecule has 0 unspecified atom stereocenters. The number of H-pyrrole nitrogens is 1. The largest absolute Gasteiger partial charge is 0.496 e. The van der Waals surface area contributed by atoms with Crippen LogP contribution in [0.2, 0.25) is 0 Å².